The van der Waals surface area contributed by atoms with Crippen LogP contribution in [-0.4, -0.2) is 37.7 Å². The van der Waals surface area contributed by atoms with Gasteiger partial charge in [-0.2, -0.15) is 8.78 Å². The molecule has 0 aliphatic carbocycles. The van der Waals surface area contributed by atoms with Gasteiger partial charge in [-0.25, -0.2) is 26.0 Å². The highest BCUT2D eigenvalue weighted by molar-refractivity contribution is 7.92. The zero-order chi connectivity index (χ0) is 11.4. The van der Waals surface area contributed by atoms with Crippen molar-refractivity contribution in [3.63, 3.8) is 0 Å². The van der Waals surface area contributed by atoms with Crippen LogP contribution in [0.4, 0.5) is 26.3 Å². The molecule has 14 heavy (non-hydrogen) atoms. The fraction of sp³-hybridized carbons (Fsp3) is 1.00. The lowest BCUT2D eigenvalue weighted by atomic mass is 10.0. The fourth-order valence-corrected chi connectivity index (χ4v) is 2.63. The van der Waals surface area contributed by atoms with E-state index in [1.807, 2.05) is 0 Å². The molecular formula is C5H4F6O2S. The Balaban J connectivity index is 3.25. The number of halogens is 6. The second-order valence-corrected chi connectivity index (χ2v) is 4.97. The maximum absolute atomic E-state index is 12.8. The Kier molecular flexibility index (Phi) is 2.29. The summed E-state index contributed by atoms with van der Waals surface area (Å²) < 4.78 is 94.8. The van der Waals surface area contributed by atoms with Gasteiger partial charge in [0.15, 0.2) is 0 Å². The number of hydrogen-bond acceptors (Lipinski definition) is 2. The number of rotatable bonds is 1. The lowest BCUT2D eigenvalue weighted by molar-refractivity contribution is -0.114. The zero-order valence-corrected chi connectivity index (χ0v) is 7.17. The average Bonchev–Trinajstić information content (AvgIpc) is 2.11. The molecule has 0 radical (unpaired) electrons. The van der Waals surface area contributed by atoms with E-state index in [-0.39, 0.29) is 0 Å². The quantitative estimate of drug-likeness (QED) is 0.650. The van der Waals surface area contributed by atoms with Crippen molar-refractivity contribution in [1.29, 1.82) is 0 Å². The minimum absolute atomic E-state index is 2.20. The molecule has 0 aromatic carbocycles. The molecule has 1 aliphatic heterocycles. The molecule has 1 aliphatic rings. The lowest BCUT2D eigenvalue weighted by Gasteiger charge is -2.20. The molecule has 2 unspecified atom stereocenters. The van der Waals surface area contributed by atoms with Crippen molar-refractivity contribution in [2.45, 2.75) is 23.5 Å². The summed E-state index contributed by atoms with van der Waals surface area (Å²) in [6, 6.07) is 0. The van der Waals surface area contributed by atoms with E-state index in [1.165, 1.54) is 0 Å². The number of hydrogen-bond donors (Lipinski definition) is 0. The minimum Gasteiger partial charge on any atom is -0.236 e. The Morgan fingerprint density at radius 1 is 1.21 bits per heavy atom. The van der Waals surface area contributed by atoms with Crippen LogP contribution in [-0.2, 0) is 9.84 Å². The molecule has 1 saturated heterocycles. The topological polar surface area (TPSA) is 34.1 Å². The first-order chi connectivity index (χ1) is 6.06. The van der Waals surface area contributed by atoms with Crippen LogP contribution in [0.1, 0.15) is 0 Å². The van der Waals surface area contributed by atoms with Crippen LogP contribution >= 0.6 is 0 Å². The first-order valence-corrected chi connectivity index (χ1v) is 4.92. The SMILES string of the molecule is O=S1(=O)CC(F)(C(F)F)C(F)C1(F)F. The third kappa shape index (κ3) is 1.21. The molecule has 0 aromatic rings. The van der Waals surface area contributed by atoms with Crippen LogP contribution in [0.3, 0.4) is 0 Å². The summed E-state index contributed by atoms with van der Waals surface area (Å²) >= 11 is 0. The largest absolute Gasteiger partial charge is 0.379 e. The van der Waals surface area contributed by atoms with Gasteiger partial charge in [0.25, 0.3) is 6.43 Å². The molecule has 0 amide bonds. The molecule has 2 nitrogen and oxygen atoms in total. The summed E-state index contributed by atoms with van der Waals surface area (Å²) in [5.41, 5.74) is -4.32. The predicted molar refractivity (Wildman–Crippen MR) is 33.5 cm³/mol. The maximum Gasteiger partial charge on any atom is 0.379 e. The molecule has 84 valence electrons. The van der Waals surface area contributed by atoms with E-state index >= 15 is 0 Å². The highest BCUT2D eigenvalue weighted by Gasteiger charge is 2.74. The normalized spacial score (nSPS) is 40.4. The van der Waals surface area contributed by atoms with Crippen molar-refractivity contribution in [1.82, 2.24) is 0 Å². The summed E-state index contributed by atoms with van der Waals surface area (Å²) in [5.74, 6) is -2.20. The van der Waals surface area contributed by atoms with Gasteiger partial charge in [-0.1, -0.05) is 0 Å². The Morgan fingerprint density at radius 3 is 1.79 bits per heavy atom. The van der Waals surface area contributed by atoms with Gasteiger partial charge >= 0.3 is 5.25 Å². The Hall–Kier alpha value is -0.470. The van der Waals surface area contributed by atoms with E-state index in [1.54, 1.807) is 0 Å². The van der Waals surface area contributed by atoms with Crippen LogP contribution in [0.15, 0.2) is 0 Å². The molecule has 1 heterocycles. The molecule has 0 spiro atoms. The van der Waals surface area contributed by atoms with E-state index in [9.17, 15) is 34.8 Å². The third-order valence-electron chi connectivity index (χ3n) is 1.91. The van der Waals surface area contributed by atoms with E-state index in [0.29, 0.717) is 0 Å². The first-order valence-electron chi connectivity index (χ1n) is 3.27. The summed E-state index contributed by atoms with van der Waals surface area (Å²) in [6.07, 6.45) is -8.14. The molecule has 9 heteroatoms. The molecule has 1 rings (SSSR count). The second kappa shape index (κ2) is 2.77. The monoisotopic (exact) mass is 242 g/mol. The maximum atomic E-state index is 12.8. The van der Waals surface area contributed by atoms with Crippen molar-refractivity contribution in [2.75, 3.05) is 5.75 Å². The summed E-state index contributed by atoms with van der Waals surface area (Å²) in [7, 11) is -5.49. The van der Waals surface area contributed by atoms with E-state index in [2.05, 4.69) is 0 Å². The molecule has 0 N–H and O–H groups in total. The zero-order valence-electron chi connectivity index (χ0n) is 6.35. The van der Waals surface area contributed by atoms with Gasteiger partial charge in [0.05, 0.1) is 5.75 Å². The Morgan fingerprint density at radius 2 is 1.64 bits per heavy atom. The van der Waals surface area contributed by atoms with Gasteiger partial charge in [0.1, 0.15) is 0 Å². The van der Waals surface area contributed by atoms with E-state index in [4.69, 9.17) is 0 Å². The van der Waals surface area contributed by atoms with Crippen molar-refractivity contribution in [2.24, 2.45) is 0 Å². The van der Waals surface area contributed by atoms with Crippen molar-refractivity contribution >= 4 is 9.84 Å². The van der Waals surface area contributed by atoms with Gasteiger partial charge < -0.3 is 0 Å². The summed E-state index contributed by atoms with van der Waals surface area (Å²) in [5, 5.41) is -5.09. The number of sulfone groups is 1. The predicted octanol–water partition coefficient (Wildman–Crippen LogP) is 1.32. The van der Waals surface area contributed by atoms with Crippen molar-refractivity contribution in [3.8, 4) is 0 Å². The van der Waals surface area contributed by atoms with Crippen LogP contribution < -0.4 is 0 Å². The summed E-state index contributed by atoms with van der Waals surface area (Å²) in [4.78, 5) is 0. The summed E-state index contributed by atoms with van der Waals surface area (Å²) in [6.45, 7) is 0. The Labute approximate surface area is 74.8 Å². The molecule has 0 aromatic heterocycles. The molecule has 2 atom stereocenters. The van der Waals surface area contributed by atoms with Crippen LogP contribution in [0.2, 0.25) is 0 Å². The molecule has 0 saturated carbocycles. The first kappa shape index (κ1) is 11.6. The molecule has 1 fully saturated rings. The Bertz CT molecular complexity index is 338. The fourth-order valence-electron chi connectivity index (χ4n) is 1.07. The van der Waals surface area contributed by atoms with Gasteiger partial charge in [-0.05, 0) is 0 Å². The van der Waals surface area contributed by atoms with Crippen LogP contribution in [0, 0.1) is 0 Å². The average molecular weight is 242 g/mol. The van der Waals surface area contributed by atoms with Crippen LogP contribution in [0.25, 0.3) is 0 Å². The molecular weight excluding hydrogens is 238 g/mol. The number of alkyl halides is 6. The highest BCUT2D eigenvalue weighted by atomic mass is 32.2. The van der Waals surface area contributed by atoms with Gasteiger partial charge in [-0.15, -0.1) is 0 Å². The highest BCUT2D eigenvalue weighted by Crippen LogP contribution is 2.48. The second-order valence-electron chi connectivity index (χ2n) is 2.91. The smallest absolute Gasteiger partial charge is 0.236 e. The van der Waals surface area contributed by atoms with Gasteiger partial charge in [0, 0.05) is 0 Å². The van der Waals surface area contributed by atoms with Gasteiger partial charge in [0.2, 0.25) is 21.7 Å². The van der Waals surface area contributed by atoms with Crippen molar-refractivity contribution in [3.05, 3.63) is 0 Å². The minimum atomic E-state index is -5.49. The molecule has 0 bridgehead atoms. The van der Waals surface area contributed by atoms with Crippen molar-refractivity contribution < 1.29 is 34.8 Å². The van der Waals surface area contributed by atoms with Gasteiger partial charge in [-0.3, -0.25) is 0 Å². The van der Waals surface area contributed by atoms with E-state index < -0.39 is 39.1 Å². The van der Waals surface area contributed by atoms with Crippen LogP contribution in [0.5, 0.6) is 0 Å². The van der Waals surface area contributed by atoms with E-state index in [0.717, 1.165) is 0 Å². The third-order valence-corrected chi connectivity index (χ3v) is 3.76. The standard InChI is InChI=1S/C5H4F6O2S/c6-2-4(9,3(7)8)1-14(12,13)5(2,10)11/h2-3H,1H2. The lowest BCUT2D eigenvalue weighted by Crippen LogP contribution is -2.45.